The van der Waals surface area contributed by atoms with Crippen LogP contribution < -0.4 is 11.2 Å². The zero-order chi connectivity index (χ0) is 11.8. The summed E-state index contributed by atoms with van der Waals surface area (Å²) in [5, 5.41) is 9.13. The van der Waals surface area contributed by atoms with Crippen LogP contribution in [0.1, 0.15) is 26.0 Å². The summed E-state index contributed by atoms with van der Waals surface area (Å²) >= 11 is 0. The van der Waals surface area contributed by atoms with Gasteiger partial charge < -0.3 is 9.84 Å². The number of nitrogens with one attached hydrogen (secondary N) is 1. The Kier molecular flexibility index (Phi) is 2.69. The molecule has 6 heteroatoms. The van der Waals surface area contributed by atoms with Crippen molar-refractivity contribution in [3.8, 4) is 0 Å². The van der Waals surface area contributed by atoms with Crippen molar-refractivity contribution in [3.63, 3.8) is 0 Å². The third-order valence-corrected chi connectivity index (χ3v) is 2.84. The summed E-state index contributed by atoms with van der Waals surface area (Å²) in [5.41, 5.74) is -1.51. The number of H-pyrrole nitrogens is 1. The number of aromatic nitrogens is 2. The number of hydrogen-bond acceptors (Lipinski definition) is 4. The summed E-state index contributed by atoms with van der Waals surface area (Å²) in [6, 6.07) is 1.28. The Hall–Kier alpha value is -1.40. The van der Waals surface area contributed by atoms with Crippen LogP contribution >= 0.6 is 0 Å². The highest BCUT2D eigenvalue weighted by atomic mass is 16.5. The van der Waals surface area contributed by atoms with Gasteiger partial charge in [-0.1, -0.05) is 0 Å². The first-order valence-electron chi connectivity index (χ1n) is 5.14. The van der Waals surface area contributed by atoms with E-state index < -0.39 is 23.1 Å². The van der Waals surface area contributed by atoms with Crippen molar-refractivity contribution in [2.75, 3.05) is 6.61 Å². The van der Waals surface area contributed by atoms with Crippen LogP contribution in [0.15, 0.2) is 21.9 Å². The predicted octanol–water partition coefficient (Wildman–Crippen LogP) is -0.403. The zero-order valence-electron chi connectivity index (χ0n) is 8.97. The molecule has 0 amide bonds. The van der Waals surface area contributed by atoms with Crippen molar-refractivity contribution in [2.24, 2.45) is 0 Å². The van der Waals surface area contributed by atoms with Gasteiger partial charge in [0.25, 0.3) is 5.56 Å². The number of aliphatic hydroxyl groups is 1. The van der Waals surface area contributed by atoms with Crippen molar-refractivity contribution in [1.82, 2.24) is 9.55 Å². The topological polar surface area (TPSA) is 84.3 Å². The standard InChI is InChI=1S/C10H14N2O4/c1-10(6-13)4-2-8(16-10)12-5-3-7(14)11-9(12)15/h3,5,8,13H,2,4,6H2,1H3,(H,11,14,15)/t8-,10+/m1/s1. The van der Waals surface area contributed by atoms with E-state index in [2.05, 4.69) is 4.98 Å². The third-order valence-electron chi connectivity index (χ3n) is 2.84. The van der Waals surface area contributed by atoms with Crippen LogP contribution in [0.2, 0.25) is 0 Å². The molecule has 2 N–H and O–H groups in total. The highest BCUT2D eigenvalue weighted by molar-refractivity contribution is 4.89. The minimum Gasteiger partial charge on any atom is -0.393 e. The van der Waals surface area contributed by atoms with Gasteiger partial charge in [0.05, 0.1) is 12.2 Å². The summed E-state index contributed by atoms with van der Waals surface area (Å²) in [6.45, 7) is 1.71. The Bertz CT molecular complexity index is 492. The Morgan fingerprint density at radius 3 is 3.00 bits per heavy atom. The maximum atomic E-state index is 11.5. The number of aliphatic hydroxyl groups excluding tert-OH is 1. The monoisotopic (exact) mass is 226 g/mol. The van der Waals surface area contributed by atoms with Gasteiger partial charge in [0, 0.05) is 12.3 Å². The Balaban J connectivity index is 2.27. The molecule has 2 rings (SSSR count). The summed E-state index contributed by atoms with van der Waals surface area (Å²) in [7, 11) is 0. The molecular formula is C10H14N2O4. The van der Waals surface area contributed by atoms with Crippen LogP contribution in [0.4, 0.5) is 0 Å². The van der Waals surface area contributed by atoms with Crippen molar-refractivity contribution < 1.29 is 9.84 Å². The predicted molar refractivity (Wildman–Crippen MR) is 56.2 cm³/mol. The van der Waals surface area contributed by atoms with Crippen LogP contribution in [0, 0.1) is 0 Å². The lowest BCUT2D eigenvalue weighted by Gasteiger charge is -2.22. The molecule has 0 unspecified atom stereocenters. The van der Waals surface area contributed by atoms with E-state index in [4.69, 9.17) is 9.84 Å². The molecule has 1 aromatic rings. The van der Waals surface area contributed by atoms with Gasteiger partial charge in [-0.25, -0.2) is 4.79 Å². The van der Waals surface area contributed by atoms with Crippen LogP contribution in [-0.4, -0.2) is 26.9 Å². The SMILES string of the molecule is C[C@@]1(CO)CC[C@H](n2ccc(=O)[nH]c2=O)O1. The second kappa shape index (κ2) is 3.88. The van der Waals surface area contributed by atoms with Gasteiger partial charge in [0.15, 0.2) is 0 Å². The van der Waals surface area contributed by atoms with E-state index in [-0.39, 0.29) is 6.61 Å². The molecule has 1 aliphatic heterocycles. The molecular weight excluding hydrogens is 212 g/mol. The van der Waals surface area contributed by atoms with Gasteiger partial charge in [-0.15, -0.1) is 0 Å². The van der Waals surface area contributed by atoms with Crippen molar-refractivity contribution in [3.05, 3.63) is 33.1 Å². The number of ether oxygens (including phenoxy) is 1. The van der Waals surface area contributed by atoms with E-state index in [1.807, 2.05) is 0 Å². The minimum absolute atomic E-state index is 0.0817. The molecule has 16 heavy (non-hydrogen) atoms. The van der Waals surface area contributed by atoms with E-state index in [1.54, 1.807) is 6.92 Å². The average molecular weight is 226 g/mol. The fraction of sp³-hybridized carbons (Fsp3) is 0.600. The summed E-state index contributed by atoms with van der Waals surface area (Å²) in [4.78, 5) is 24.6. The second-order valence-electron chi connectivity index (χ2n) is 4.24. The lowest BCUT2D eigenvalue weighted by Crippen LogP contribution is -2.34. The van der Waals surface area contributed by atoms with E-state index in [1.165, 1.54) is 16.8 Å². The first-order chi connectivity index (χ1) is 7.54. The highest BCUT2D eigenvalue weighted by Crippen LogP contribution is 2.34. The number of nitrogens with zero attached hydrogens (tertiary/aromatic N) is 1. The molecule has 2 heterocycles. The molecule has 0 radical (unpaired) electrons. The zero-order valence-corrected chi connectivity index (χ0v) is 8.97. The molecule has 6 nitrogen and oxygen atoms in total. The molecule has 88 valence electrons. The van der Waals surface area contributed by atoms with Gasteiger partial charge in [0.1, 0.15) is 6.23 Å². The first kappa shape index (κ1) is 11.1. The van der Waals surface area contributed by atoms with Gasteiger partial charge in [-0.05, 0) is 19.8 Å². The highest BCUT2D eigenvalue weighted by Gasteiger charge is 2.36. The van der Waals surface area contributed by atoms with E-state index in [0.29, 0.717) is 12.8 Å². The fourth-order valence-electron chi connectivity index (χ4n) is 1.84. The number of hydrogen-bond donors (Lipinski definition) is 2. The summed E-state index contributed by atoms with van der Waals surface area (Å²) in [6.07, 6.45) is 2.32. The number of rotatable bonds is 2. The van der Waals surface area contributed by atoms with Crippen molar-refractivity contribution in [2.45, 2.75) is 31.6 Å². The maximum Gasteiger partial charge on any atom is 0.330 e. The Morgan fingerprint density at radius 1 is 1.69 bits per heavy atom. The lowest BCUT2D eigenvalue weighted by atomic mass is 10.0. The van der Waals surface area contributed by atoms with Crippen LogP contribution in [-0.2, 0) is 4.74 Å². The van der Waals surface area contributed by atoms with Gasteiger partial charge in [-0.3, -0.25) is 14.3 Å². The van der Waals surface area contributed by atoms with Gasteiger partial charge >= 0.3 is 5.69 Å². The largest absolute Gasteiger partial charge is 0.393 e. The van der Waals surface area contributed by atoms with E-state index >= 15 is 0 Å². The van der Waals surface area contributed by atoms with Crippen LogP contribution in [0.5, 0.6) is 0 Å². The quantitative estimate of drug-likeness (QED) is 0.718. The maximum absolute atomic E-state index is 11.5. The minimum atomic E-state index is -0.597. The molecule has 0 aliphatic carbocycles. The molecule has 1 aliphatic rings. The molecule has 2 atom stereocenters. The normalized spacial score (nSPS) is 29.5. The van der Waals surface area contributed by atoms with Gasteiger partial charge in [0.2, 0.25) is 0 Å². The molecule has 0 saturated carbocycles. The van der Waals surface area contributed by atoms with E-state index in [9.17, 15) is 9.59 Å². The van der Waals surface area contributed by atoms with Crippen molar-refractivity contribution >= 4 is 0 Å². The molecule has 0 bridgehead atoms. The molecule has 1 aromatic heterocycles. The van der Waals surface area contributed by atoms with Crippen molar-refractivity contribution in [1.29, 1.82) is 0 Å². The molecule has 1 fully saturated rings. The molecule has 0 spiro atoms. The Morgan fingerprint density at radius 2 is 2.44 bits per heavy atom. The summed E-state index contributed by atoms with van der Waals surface area (Å²) in [5.74, 6) is 0. The molecule has 1 saturated heterocycles. The molecule has 0 aromatic carbocycles. The fourth-order valence-corrected chi connectivity index (χ4v) is 1.84. The van der Waals surface area contributed by atoms with E-state index in [0.717, 1.165) is 0 Å². The lowest BCUT2D eigenvalue weighted by molar-refractivity contribution is -0.0881. The second-order valence-corrected chi connectivity index (χ2v) is 4.24. The Labute approximate surface area is 91.5 Å². The average Bonchev–Trinajstić information content (AvgIpc) is 2.62. The van der Waals surface area contributed by atoms with Gasteiger partial charge in [-0.2, -0.15) is 0 Å². The smallest absolute Gasteiger partial charge is 0.330 e. The summed E-state index contributed by atoms with van der Waals surface area (Å²) < 4.78 is 6.93. The van der Waals surface area contributed by atoms with Crippen LogP contribution in [0.3, 0.4) is 0 Å². The van der Waals surface area contributed by atoms with Crippen LogP contribution in [0.25, 0.3) is 0 Å². The number of aromatic amines is 1. The first-order valence-corrected chi connectivity index (χ1v) is 5.14. The third kappa shape index (κ3) is 1.94.